The van der Waals surface area contributed by atoms with Crippen LogP contribution in [0.25, 0.3) is 0 Å². The van der Waals surface area contributed by atoms with Gasteiger partial charge in [-0.25, -0.2) is 0 Å². The van der Waals surface area contributed by atoms with Crippen molar-refractivity contribution in [2.75, 3.05) is 26.2 Å². The van der Waals surface area contributed by atoms with Gasteiger partial charge in [0.1, 0.15) is 0 Å². The Kier molecular flexibility index (Phi) is 6.65. The molecular formula is C16H34N2. The van der Waals surface area contributed by atoms with E-state index in [1.54, 1.807) is 0 Å². The van der Waals surface area contributed by atoms with Crippen LogP contribution >= 0.6 is 0 Å². The third-order valence-electron chi connectivity index (χ3n) is 3.88. The summed E-state index contributed by atoms with van der Waals surface area (Å²) >= 11 is 0. The number of rotatable bonds is 9. The van der Waals surface area contributed by atoms with E-state index >= 15 is 0 Å². The van der Waals surface area contributed by atoms with Crippen molar-refractivity contribution in [2.24, 2.45) is 11.3 Å². The van der Waals surface area contributed by atoms with Crippen molar-refractivity contribution < 1.29 is 0 Å². The van der Waals surface area contributed by atoms with Gasteiger partial charge in [-0.3, -0.25) is 0 Å². The molecule has 0 heterocycles. The van der Waals surface area contributed by atoms with Gasteiger partial charge in [-0.2, -0.15) is 0 Å². The van der Waals surface area contributed by atoms with Gasteiger partial charge >= 0.3 is 0 Å². The van der Waals surface area contributed by atoms with Crippen LogP contribution in [0, 0.1) is 11.3 Å². The van der Waals surface area contributed by atoms with Crippen molar-refractivity contribution in [3.63, 3.8) is 0 Å². The molecule has 1 unspecified atom stereocenters. The number of hydrogen-bond donors (Lipinski definition) is 1. The molecule has 1 aliphatic carbocycles. The van der Waals surface area contributed by atoms with Crippen LogP contribution in [-0.2, 0) is 0 Å². The molecule has 2 heteroatoms. The van der Waals surface area contributed by atoms with E-state index in [9.17, 15) is 0 Å². The third kappa shape index (κ3) is 6.19. The second-order valence-corrected chi connectivity index (χ2v) is 7.08. The van der Waals surface area contributed by atoms with Gasteiger partial charge < -0.3 is 10.2 Å². The van der Waals surface area contributed by atoms with E-state index in [0.717, 1.165) is 12.5 Å². The van der Waals surface area contributed by atoms with Gasteiger partial charge in [0.25, 0.3) is 0 Å². The second kappa shape index (κ2) is 7.49. The molecule has 1 rings (SSSR count). The topological polar surface area (TPSA) is 15.3 Å². The summed E-state index contributed by atoms with van der Waals surface area (Å²) in [5.41, 5.74) is 0.352. The number of nitrogens with one attached hydrogen (secondary N) is 1. The molecule has 0 aromatic heterocycles. The Bertz CT molecular complexity index is 216. The molecule has 0 amide bonds. The van der Waals surface area contributed by atoms with Crippen LogP contribution in [0.4, 0.5) is 0 Å². The van der Waals surface area contributed by atoms with E-state index < -0.39 is 0 Å². The summed E-state index contributed by atoms with van der Waals surface area (Å²) in [4.78, 5) is 2.69. The molecule has 1 atom stereocenters. The molecule has 2 nitrogen and oxygen atoms in total. The van der Waals surface area contributed by atoms with Crippen LogP contribution in [0.3, 0.4) is 0 Å². The Hall–Kier alpha value is -0.0800. The summed E-state index contributed by atoms with van der Waals surface area (Å²) < 4.78 is 0. The molecule has 18 heavy (non-hydrogen) atoms. The summed E-state index contributed by atoms with van der Waals surface area (Å²) in [5, 5.41) is 3.75. The lowest BCUT2D eigenvalue weighted by molar-refractivity contribution is 0.168. The zero-order chi connectivity index (χ0) is 13.6. The van der Waals surface area contributed by atoms with E-state index in [4.69, 9.17) is 0 Å². The van der Waals surface area contributed by atoms with Crippen molar-refractivity contribution in [1.29, 1.82) is 0 Å². The van der Waals surface area contributed by atoms with Gasteiger partial charge in [-0.05, 0) is 50.1 Å². The first kappa shape index (κ1) is 16.0. The predicted molar refractivity (Wildman–Crippen MR) is 81.0 cm³/mol. The van der Waals surface area contributed by atoms with Gasteiger partial charge in [-0.1, -0.05) is 34.6 Å². The maximum Gasteiger partial charge on any atom is 0.0243 e. The second-order valence-electron chi connectivity index (χ2n) is 7.08. The highest BCUT2D eigenvalue weighted by molar-refractivity contribution is 4.85. The molecule has 0 spiro atoms. The summed E-state index contributed by atoms with van der Waals surface area (Å²) in [7, 11) is 0. The normalized spacial score (nSPS) is 18.3. The van der Waals surface area contributed by atoms with Crippen LogP contribution < -0.4 is 5.32 Å². The quantitative estimate of drug-likeness (QED) is 0.677. The Morgan fingerprint density at radius 1 is 1.17 bits per heavy atom. The lowest BCUT2D eigenvalue weighted by Crippen LogP contribution is -2.49. The lowest BCUT2D eigenvalue weighted by atomic mass is 9.86. The first-order chi connectivity index (χ1) is 8.47. The SMILES string of the molecule is CCCNC(CN(CCC)CC1CC1)C(C)(C)C. The molecule has 0 bridgehead atoms. The average Bonchev–Trinajstić information content (AvgIpc) is 3.06. The van der Waals surface area contributed by atoms with Crippen molar-refractivity contribution >= 4 is 0 Å². The molecule has 108 valence electrons. The minimum atomic E-state index is 0.352. The minimum absolute atomic E-state index is 0.352. The third-order valence-corrected chi connectivity index (χ3v) is 3.88. The zero-order valence-corrected chi connectivity index (χ0v) is 13.3. The molecule has 1 aliphatic rings. The highest BCUT2D eigenvalue weighted by Gasteiger charge is 2.29. The molecule has 0 aromatic carbocycles. The average molecular weight is 254 g/mol. The van der Waals surface area contributed by atoms with E-state index in [1.807, 2.05) is 0 Å². The fourth-order valence-electron chi connectivity index (χ4n) is 2.46. The maximum atomic E-state index is 3.75. The smallest absolute Gasteiger partial charge is 0.0243 e. The lowest BCUT2D eigenvalue weighted by Gasteiger charge is -2.36. The fourth-order valence-corrected chi connectivity index (χ4v) is 2.46. The molecule has 1 fully saturated rings. The summed E-state index contributed by atoms with van der Waals surface area (Å²) in [6, 6.07) is 0.614. The molecule has 1 N–H and O–H groups in total. The highest BCUT2D eigenvalue weighted by atomic mass is 15.2. The van der Waals surface area contributed by atoms with Gasteiger partial charge in [0.2, 0.25) is 0 Å². The maximum absolute atomic E-state index is 3.75. The molecular weight excluding hydrogens is 220 g/mol. The molecule has 0 aromatic rings. The van der Waals surface area contributed by atoms with E-state index in [2.05, 4.69) is 44.8 Å². The van der Waals surface area contributed by atoms with Gasteiger partial charge in [-0.15, -0.1) is 0 Å². The van der Waals surface area contributed by atoms with Gasteiger partial charge in [0.05, 0.1) is 0 Å². The Morgan fingerprint density at radius 3 is 2.28 bits per heavy atom. The minimum Gasteiger partial charge on any atom is -0.312 e. The van der Waals surface area contributed by atoms with Crippen LogP contribution in [0.2, 0.25) is 0 Å². The molecule has 0 aliphatic heterocycles. The predicted octanol–water partition coefficient (Wildman–Crippen LogP) is 3.52. The Balaban J connectivity index is 2.47. The van der Waals surface area contributed by atoms with Crippen LogP contribution in [0.15, 0.2) is 0 Å². The van der Waals surface area contributed by atoms with Gasteiger partial charge in [0, 0.05) is 19.1 Å². The van der Waals surface area contributed by atoms with Crippen molar-refractivity contribution in [2.45, 2.75) is 66.3 Å². The largest absolute Gasteiger partial charge is 0.312 e. The fraction of sp³-hybridized carbons (Fsp3) is 1.00. The van der Waals surface area contributed by atoms with Crippen molar-refractivity contribution in [1.82, 2.24) is 10.2 Å². The Labute approximate surface area is 115 Å². The summed E-state index contributed by atoms with van der Waals surface area (Å²) in [6.07, 6.45) is 5.42. The Morgan fingerprint density at radius 2 is 1.83 bits per heavy atom. The summed E-state index contributed by atoms with van der Waals surface area (Å²) in [5.74, 6) is 1.00. The van der Waals surface area contributed by atoms with Crippen molar-refractivity contribution in [3.8, 4) is 0 Å². The van der Waals surface area contributed by atoms with E-state index in [-0.39, 0.29) is 0 Å². The standard InChI is InChI=1S/C16H34N2/c1-6-10-17-15(16(3,4)5)13-18(11-7-2)12-14-8-9-14/h14-15,17H,6-13H2,1-5H3. The molecule has 0 saturated heterocycles. The molecule has 1 saturated carbocycles. The van der Waals surface area contributed by atoms with Crippen LogP contribution in [-0.4, -0.2) is 37.1 Å². The number of hydrogen-bond acceptors (Lipinski definition) is 2. The summed E-state index contributed by atoms with van der Waals surface area (Å²) in [6.45, 7) is 16.6. The first-order valence-corrected chi connectivity index (χ1v) is 7.93. The van der Waals surface area contributed by atoms with Crippen molar-refractivity contribution in [3.05, 3.63) is 0 Å². The highest BCUT2D eigenvalue weighted by Crippen LogP contribution is 2.30. The number of nitrogens with zero attached hydrogens (tertiary/aromatic N) is 1. The van der Waals surface area contributed by atoms with E-state index in [1.165, 1.54) is 45.3 Å². The van der Waals surface area contributed by atoms with Crippen LogP contribution in [0.5, 0.6) is 0 Å². The first-order valence-electron chi connectivity index (χ1n) is 7.93. The molecule has 0 radical (unpaired) electrons. The van der Waals surface area contributed by atoms with Gasteiger partial charge in [0.15, 0.2) is 0 Å². The van der Waals surface area contributed by atoms with E-state index in [0.29, 0.717) is 11.5 Å². The zero-order valence-electron chi connectivity index (χ0n) is 13.3. The van der Waals surface area contributed by atoms with Crippen LogP contribution in [0.1, 0.15) is 60.3 Å². The monoisotopic (exact) mass is 254 g/mol.